The van der Waals surface area contributed by atoms with Gasteiger partial charge in [0.15, 0.2) is 0 Å². The van der Waals surface area contributed by atoms with Crippen molar-refractivity contribution in [2.75, 3.05) is 43.4 Å². The van der Waals surface area contributed by atoms with Crippen molar-refractivity contribution in [1.29, 1.82) is 0 Å². The van der Waals surface area contributed by atoms with E-state index >= 15 is 0 Å². The zero-order chi connectivity index (χ0) is 24.6. The van der Waals surface area contributed by atoms with Crippen molar-refractivity contribution in [3.63, 3.8) is 0 Å². The summed E-state index contributed by atoms with van der Waals surface area (Å²) in [6, 6.07) is 15.9. The van der Waals surface area contributed by atoms with Gasteiger partial charge in [0, 0.05) is 55.6 Å². The van der Waals surface area contributed by atoms with Crippen molar-refractivity contribution in [2.24, 2.45) is 11.7 Å². The minimum atomic E-state index is -0.193. The lowest BCUT2D eigenvalue weighted by Crippen LogP contribution is -2.40. The van der Waals surface area contributed by atoms with Gasteiger partial charge in [-0.2, -0.15) is 0 Å². The molecule has 0 spiro atoms. The van der Waals surface area contributed by atoms with E-state index in [1.807, 2.05) is 36.4 Å². The number of para-hydroxylation sites is 1. The van der Waals surface area contributed by atoms with E-state index in [0.717, 1.165) is 66.7 Å². The van der Waals surface area contributed by atoms with Gasteiger partial charge in [-0.15, -0.1) is 0 Å². The van der Waals surface area contributed by atoms with Gasteiger partial charge in [-0.3, -0.25) is 14.6 Å². The predicted molar refractivity (Wildman–Crippen MR) is 141 cm³/mol. The number of pyridine rings is 1. The maximum Gasteiger partial charge on any atom is 0.254 e. The van der Waals surface area contributed by atoms with Crippen LogP contribution in [0.2, 0.25) is 0 Å². The zero-order valence-electron chi connectivity index (χ0n) is 20.2. The first-order chi connectivity index (χ1) is 17.1. The van der Waals surface area contributed by atoms with Crippen LogP contribution >= 0.6 is 0 Å². The smallest absolute Gasteiger partial charge is 0.254 e. The summed E-state index contributed by atoms with van der Waals surface area (Å²) in [5.74, 6) is -0.00289. The van der Waals surface area contributed by atoms with E-state index in [1.165, 1.54) is 0 Å². The van der Waals surface area contributed by atoms with Crippen molar-refractivity contribution in [3.05, 3.63) is 60.3 Å². The SMILES string of the molecule is CNC(=O)c1cnc2ccc(N3CCC(C(=O)NCCCCN)CC3)cc2c1Nc1ccccc1. The number of benzene rings is 2. The molecule has 0 radical (unpaired) electrons. The Labute approximate surface area is 206 Å². The number of nitrogens with one attached hydrogen (secondary N) is 3. The highest BCUT2D eigenvalue weighted by atomic mass is 16.2. The third-order valence-corrected chi connectivity index (χ3v) is 6.53. The fourth-order valence-corrected chi connectivity index (χ4v) is 4.51. The third kappa shape index (κ3) is 5.89. The summed E-state index contributed by atoms with van der Waals surface area (Å²) < 4.78 is 0. The number of amides is 2. The molecule has 35 heavy (non-hydrogen) atoms. The van der Waals surface area contributed by atoms with Gasteiger partial charge >= 0.3 is 0 Å². The Balaban J connectivity index is 1.54. The summed E-state index contributed by atoms with van der Waals surface area (Å²) in [4.78, 5) is 32.0. The number of piperidine rings is 1. The predicted octanol–water partition coefficient (Wildman–Crippen LogP) is 3.41. The van der Waals surface area contributed by atoms with Gasteiger partial charge in [-0.25, -0.2) is 0 Å². The number of fused-ring (bicyclic) bond motifs is 1. The summed E-state index contributed by atoms with van der Waals surface area (Å²) >= 11 is 0. The normalized spacial score (nSPS) is 14.1. The Hall–Kier alpha value is -3.65. The van der Waals surface area contributed by atoms with Crippen LogP contribution in [0.4, 0.5) is 17.1 Å². The van der Waals surface area contributed by atoms with E-state index in [2.05, 4.69) is 38.0 Å². The van der Waals surface area contributed by atoms with Crippen LogP contribution in [0.3, 0.4) is 0 Å². The van der Waals surface area contributed by atoms with Crippen LogP contribution in [-0.2, 0) is 4.79 Å². The number of carbonyl (C=O) groups is 2. The molecule has 1 fully saturated rings. The molecule has 4 rings (SSSR count). The molecule has 1 aliphatic rings. The van der Waals surface area contributed by atoms with E-state index in [4.69, 9.17) is 5.73 Å². The van der Waals surface area contributed by atoms with Crippen LogP contribution in [-0.4, -0.2) is 50.0 Å². The zero-order valence-corrected chi connectivity index (χ0v) is 20.2. The van der Waals surface area contributed by atoms with Crippen molar-refractivity contribution >= 4 is 39.8 Å². The Morgan fingerprint density at radius 2 is 1.86 bits per heavy atom. The lowest BCUT2D eigenvalue weighted by molar-refractivity contribution is -0.125. The first-order valence-electron chi connectivity index (χ1n) is 12.3. The third-order valence-electron chi connectivity index (χ3n) is 6.53. The maximum atomic E-state index is 12.6. The molecule has 2 amide bonds. The van der Waals surface area contributed by atoms with E-state index in [0.29, 0.717) is 18.7 Å². The standard InChI is InChI=1S/C27H34N6O2/c1-29-27(35)23-18-31-24-10-9-21(17-22(24)25(23)32-20-7-3-2-4-8-20)33-15-11-19(12-16-33)26(34)30-14-6-5-13-28/h2-4,7-10,17-19H,5-6,11-16,28H2,1H3,(H,29,35)(H,30,34)(H,31,32). The minimum Gasteiger partial charge on any atom is -0.371 e. The van der Waals surface area contributed by atoms with E-state index in [-0.39, 0.29) is 17.7 Å². The summed E-state index contributed by atoms with van der Waals surface area (Å²) in [6.45, 7) is 2.95. The molecular weight excluding hydrogens is 440 g/mol. The molecule has 0 bridgehead atoms. The number of hydrogen-bond donors (Lipinski definition) is 4. The van der Waals surface area contributed by atoms with Gasteiger partial charge in [-0.1, -0.05) is 18.2 Å². The highest BCUT2D eigenvalue weighted by molar-refractivity contribution is 6.08. The molecule has 3 aromatic rings. The molecule has 1 aromatic heterocycles. The number of unbranched alkanes of at least 4 members (excludes halogenated alkanes) is 1. The Morgan fingerprint density at radius 1 is 1.09 bits per heavy atom. The maximum absolute atomic E-state index is 12.6. The topological polar surface area (TPSA) is 112 Å². The summed E-state index contributed by atoms with van der Waals surface area (Å²) in [5, 5.41) is 10.1. The number of hydrogen-bond acceptors (Lipinski definition) is 6. The fourth-order valence-electron chi connectivity index (χ4n) is 4.51. The summed E-state index contributed by atoms with van der Waals surface area (Å²) in [6.07, 6.45) is 5.09. The van der Waals surface area contributed by atoms with Gasteiger partial charge in [0.2, 0.25) is 5.91 Å². The average molecular weight is 475 g/mol. The largest absolute Gasteiger partial charge is 0.371 e. The summed E-state index contributed by atoms with van der Waals surface area (Å²) in [5.41, 5.74) is 9.52. The van der Waals surface area contributed by atoms with Crippen molar-refractivity contribution in [1.82, 2.24) is 15.6 Å². The molecule has 2 heterocycles. The lowest BCUT2D eigenvalue weighted by Gasteiger charge is -2.33. The molecule has 0 aliphatic carbocycles. The second-order valence-corrected chi connectivity index (χ2v) is 8.87. The highest BCUT2D eigenvalue weighted by Gasteiger charge is 2.25. The van der Waals surface area contributed by atoms with E-state index < -0.39 is 0 Å². The van der Waals surface area contributed by atoms with Gasteiger partial charge in [0.1, 0.15) is 0 Å². The molecule has 2 aromatic carbocycles. The first-order valence-corrected chi connectivity index (χ1v) is 12.3. The molecule has 184 valence electrons. The van der Waals surface area contributed by atoms with Crippen LogP contribution in [0, 0.1) is 5.92 Å². The van der Waals surface area contributed by atoms with Crippen LogP contribution in [0.15, 0.2) is 54.7 Å². The molecule has 8 heteroatoms. The van der Waals surface area contributed by atoms with Crippen molar-refractivity contribution in [2.45, 2.75) is 25.7 Å². The van der Waals surface area contributed by atoms with E-state index in [1.54, 1.807) is 13.2 Å². The van der Waals surface area contributed by atoms with Crippen molar-refractivity contribution in [3.8, 4) is 0 Å². The highest BCUT2D eigenvalue weighted by Crippen LogP contribution is 2.33. The quantitative estimate of drug-likeness (QED) is 0.354. The second kappa shape index (κ2) is 11.7. The molecule has 0 saturated carbocycles. The number of nitrogens with two attached hydrogens (primary N) is 1. The molecule has 1 saturated heterocycles. The van der Waals surface area contributed by atoms with Crippen LogP contribution in [0.25, 0.3) is 10.9 Å². The molecule has 0 unspecified atom stereocenters. The number of anilines is 3. The molecular formula is C27H34N6O2. The Kier molecular flexibility index (Phi) is 8.15. The number of rotatable bonds is 9. The molecule has 1 aliphatic heterocycles. The van der Waals surface area contributed by atoms with Crippen LogP contribution in [0.5, 0.6) is 0 Å². The van der Waals surface area contributed by atoms with Gasteiger partial charge < -0.3 is 26.6 Å². The Bertz CT molecular complexity index is 1160. The number of aromatic nitrogens is 1. The van der Waals surface area contributed by atoms with Crippen LogP contribution in [0.1, 0.15) is 36.0 Å². The van der Waals surface area contributed by atoms with Crippen molar-refractivity contribution < 1.29 is 9.59 Å². The first kappa shape index (κ1) is 24.5. The number of carbonyl (C=O) groups excluding carboxylic acids is 2. The minimum absolute atomic E-state index is 0.0430. The van der Waals surface area contributed by atoms with Gasteiger partial charge in [-0.05, 0) is 62.6 Å². The van der Waals surface area contributed by atoms with Gasteiger partial charge in [0.05, 0.1) is 16.8 Å². The molecule has 0 atom stereocenters. The average Bonchev–Trinajstić information content (AvgIpc) is 2.91. The lowest BCUT2D eigenvalue weighted by atomic mass is 9.95. The van der Waals surface area contributed by atoms with E-state index in [9.17, 15) is 9.59 Å². The number of nitrogens with zero attached hydrogens (tertiary/aromatic N) is 2. The molecule has 8 nitrogen and oxygen atoms in total. The fraction of sp³-hybridized carbons (Fsp3) is 0.370. The Morgan fingerprint density at radius 3 is 2.57 bits per heavy atom. The monoisotopic (exact) mass is 474 g/mol. The molecule has 5 N–H and O–H groups in total. The van der Waals surface area contributed by atoms with Gasteiger partial charge in [0.25, 0.3) is 5.91 Å². The van der Waals surface area contributed by atoms with Crippen LogP contribution < -0.4 is 26.6 Å². The second-order valence-electron chi connectivity index (χ2n) is 8.87. The summed E-state index contributed by atoms with van der Waals surface area (Å²) in [7, 11) is 1.62.